The van der Waals surface area contributed by atoms with E-state index >= 15 is 0 Å². The van der Waals surface area contributed by atoms with Crippen LogP contribution in [-0.2, 0) is 10.4 Å². The van der Waals surface area contributed by atoms with Crippen LogP contribution in [0.2, 0.25) is 15.1 Å². The van der Waals surface area contributed by atoms with Crippen LogP contribution < -0.4 is 5.32 Å². The molecule has 3 aliphatic heterocycles. The van der Waals surface area contributed by atoms with E-state index in [1.54, 1.807) is 41.3 Å². The van der Waals surface area contributed by atoms with E-state index in [0.717, 1.165) is 31.6 Å². The maximum Gasteiger partial charge on any atom is 0.258 e. The summed E-state index contributed by atoms with van der Waals surface area (Å²) in [4.78, 5) is 31.5. The molecule has 0 aliphatic carbocycles. The number of carbonyl (C=O) groups is 2. The summed E-state index contributed by atoms with van der Waals surface area (Å²) in [7, 11) is 0. The summed E-state index contributed by atoms with van der Waals surface area (Å²) in [6.07, 6.45) is 0.942. The number of amides is 2. The number of aliphatic hydroxyl groups is 1. The fourth-order valence-electron chi connectivity index (χ4n) is 5.82. The largest absolute Gasteiger partial charge is 0.380 e. The molecule has 5 rings (SSSR count). The Hall–Kier alpha value is -1.82. The Morgan fingerprint density at radius 1 is 0.952 bits per heavy atom. The number of hydrogen-bond donors (Lipinski definition) is 2. The van der Waals surface area contributed by atoms with Gasteiger partial charge < -0.3 is 20.2 Å². The minimum Gasteiger partial charge on any atom is -0.380 e. The van der Waals surface area contributed by atoms with Gasteiger partial charge in [0, 0.05) is 73.9 Å². The topological polar surface area (TPSA) is 76.1 Å². The van der Waals surface area contributed by atoms with Crippen molar-refractivity contribution >= 4 is 65.8 Å². The smallest absolute Gasteiger partial charge is 0.258 e. The van der Waals surface area contributed by atoms with Gasteiger partial charge >= 0.3 is 0 Å². The molecule has 3 fully saturated rings. The summed E-state index contributed by atoms with van der Waals surface area (Å²) in [5, 5.41) is 15.5. The van der Waals surface area contributed by atoms with E-state index in [9.17, 15) is 23.5 Å². The molecule has 2 aromatic carbocycles. The highest BCUT2D eigenvalue weighted by Gasteiger charge is 2.40. The van der Waals surface area contributed by atoms with E-state index < -0.39 is 11.5 Å². The molecule has 0 unspecified atom stereocenters. The van der Waals surface area contributed by atoms with Gasteiger partial charge in [0.05, 0.1) is 16.6 Å². The molecule has 230 valence electrons. The van der Waals surface area contributed by atoms with Gasteiger partial charge in [0.15, 0.2) is 5.60 Å². The van der Waals surface area contributed by atoms with Crippen LogP contribution in [0.15, 0.2) is 36.4 Å². The van der Waals surface area contributed by atoms with Crippen LogP contribution in [0.5, 0.6) is 0 Å². The van der Waals surface area contributed by atoms with Gasteiger partial charge in [-0.25, -0.2) is 8.78 Å². The molecule has 2 amide bonds. The minimum atomic E-state index is -2.72. The second kappa shape index (κ2) is 13.0. The zero-order valence-electron chi connectivity index (χ0n) is 23.2. The third-order valence-corrected chi connectivity index (χ3v) is 9.12. The van der Waals surface area contributed by atoms with Crippen molar-refractivity contribution in [2.24, 2.45) is 0 Å². The zero-order chi connectivity index (χ0) is 29.5. The Morgan fingerprint density at radius 3 is 2.12 bits per heavy atom. The zero-order valence-corrected chi connectivity index (χ0v) is 26.5. The average molecular weight is 664 g/mol. The van der Waals surface area contributed by atoms with Crippen molar-refractivity contribution < 1.29 is 23.5 Å². The van der Waals surface area contributed by atoms with Crippen LogP contribution in [0.3, 0.4) is 0 Å². The number of rotatable bonds is 6. The number of likely N-dealkylation sites (tertiary alicyclic amines) is 3. The number of nitrogens with zero attached hydrogens (tertiary/aromatic N) is 3. The maximum atomic E-state index is 13.4. The molecule has 2 N–H and O–H groups in total. The average Bonchev–Trinajstić information content (AvgIpc) is 2.89. The van der Waals surface area contributed by atoms with Crippen LogP contribution in [0.25, 0.3) is 0 Å². The van der Waals surface area contributed by atoms with E-state index in [1.807, 2.05) is 0 Å². The number of benzene rings is 2. The first-order valence-corrected chi connectivity index (χ1v) is 14.9. The molecule has 1 atom stereocenters. The maximum absolute atomic E-state index is 13.4. The fourth-order valence-corrected chi connectivity index (χ4v) is 6.61. The molecule has 7 nitrogen and oxygen atoms in total. The second-order valence-electron chi connectivity index (χ2n) is 11.4. The van der Waals surface area contributed by atoms with Gasteiger partial charge in [-0.3, -0.25) is 14.5 Å². The summed E-state index contributed by atoms with van der Waals surface area (Å²) in [5.74, 6) is -3.41. The lowest BCUT2D eigenvalue weighted by Gasteiger charge is -2.48. The Labute approximate surface area is 266 Å². The minimum absolute atomic E-state index is 0. The third-order valence-electron chi connectivity index (χ3n) is 8.37. The van der Waals surface area contributed by atoms with E-state index in [0.29, 0.717) is 45.3 Å². The number of alkyl halides is 2. The van der Waals surface area contributed by atoms with Crippen molar-refractivity contribution in [1.29, 1.82) is 0 Å². The summed E-state index contributed by atoms with van der Waals surface area (Å²) >= 11 is 18.6. The lowest BCUT2D eigenvalue weighted by Crippen LogP contribution is -2.61. The molecule has 0 radical (unpaired) electrons. The third kappa shape index (κ3) is 7.27. The predicted molar refractivity (Wildman–Crippen MR) is 167 cm³/mol. The number of carbonyl (C=O) groups excluding carboxylic acids is 2. The normalized spacial score (nSPS) is 21.2. The van der Waals surface area contributed by atoms with Crippen LogP contribution in [0.1, 0.15) is 48.5 Å². The molecule has 13 heteroatoms. The van der Waals surface area contributed by atoms with Crippen molar-refractivity contribution in [3.63, 3.8) is 0 Å². The summed E-state index contributed by atoms with van der Waals surface area (Å²) < 4.78 is 26.9. The monoisotopic (exact) mass is 662 g/mol. The van der Waals surface area contributed by atoms with Gasteiger partial charge in [0.1, 0.15) is 0 Å². The van der Waals surface area contributed by atoms with Crippen LogP contribution in [0.4, 0.5) is 14.5 Å². The number of hydrogen-bond acceptors (Lipinski definition) is 5. The molecule has 2 aromatic rings. The van der Waals surface area contributed by atoms with E-state index in [1.165, 1.54) is 11.8 Å². The lowest BCUT2D eigenvalue weighted by atomic mass is 9.92. The summed E-state index contributed by atoms with van der Waals surface area (Å²) in [6.45, 7) is 4.25. The van der Waals surface area contributed by atoms with E-state index in [-0.39, 0.29) is 57.3 Å². The molecular formula is C29H35Cl3F2N4O3S. The van der Waals surface area contributed by atoms with Crippen molar-refractivity contribution in [3.8, 4) is 0 Å². The summed E-state index contributed by atoms with van der Waals surface area (Å²) in [5.41, 5.74) is -0.245. The fraction of sp³-hybridized carbons (Fsp3) is 0.517. The molecule has 3 saturated heterocycles. The Balaban J connectivity index is 0.00000405. The first-order valence-electron chi connectivity index (χ1n) is 13.8. The van der Waals surface area contributed by atoms with Gasteiger partial charge in [-0.1, -0.05) is 34.8 Å². The van der Waals surface area contributed by atoms with Gasteiger partial charge in [-0.05, 0) is 61.7 Å². The SMILES string of the molecule is C[C@@](O)(C(=O)N1CCC(N2CC(Nc3ccc(C(=O)N4CCC(F)(F)CC4)c(Cl)c3)C2)CC1)c1cc(Cl)cc(Cl)c1.S. The predicted octanol–water partition coefficient (Wildman–Crippen LogP) is 5.63. The summed E-state index contributed by atoms with van der Waals surface area (Å²) in [6, 6.07) is 10.4. The number of anilines is 1. The van der Waals surface area contributed by atoms with Gasteiger partial charge in [-0.2, -0.15) is 13.5 Å². The number of piperidine rings is 2. The Kier molecular flexibility index (Phi) is 10.3. The Morgan fingerprint density at radius 2 is 1.55 bits per heavy atom. The lowest BCUT2D eigenvalue weighted by molar-refractivity contribution is -0.152. The van der Waals surface area contributed by atoms with Crippen molar-refractivity contribution in [1.82, 2.24) is 14.7 Å². The molecule has 42 heavy (non-hydrogen) atoms. The van der Waals surface area contributed by atoms with E-state index in [2.05, 4.69) is 10.2 Å². The first kappa shape index (κ1) is 33.1. The van der Waals surface area contributed by atoms with Gasteiger partial charge in [0.25, 0.3) is 17.7 Å². The number of nitrogens with one attached hydrogen (secondary N) is 1. The van der Waals surface area contributed by atoms with Crippen LogP contribution in [-0.4, -0.2) is 88.9 Å². The van der Waals surface area contributed by atoms with E-state index in [4.69, 9.17) is 34.8 Å². The highest BCUT2D eigenvalue weighted by Crippen LogP contribution is 2.33. The van der Waals surface area contributed by atoms with Crippen molar-refractivity contribution in [2.75, 3.05) is 44.6 Å². The molecule has 0 spiro atoms. The van der Waals surface area contributed by atoms with Gasteiger partial charge in [-0.15, -0.1) is 0 Å². The molecule has 0 saturated carbocycles. The molecule has 0 aromatic heterocycles. The molecular weight excluding hydrogens is 629 g/mol. The Bertz CT molecular complexity index is 1290. The van der Waals surface area contributed by atoms with Crippen LogP contribution in [0, 0.1) is 0 Å². The highest BCUT2D eigenvalue weighted by atomic mass is 35.5. The quantitative estimate of drug-likeness (QED) is 0.420. The first-order chi connectivity index (χ1) is 19.3. The van der Waals surface area contributed by atoms with Crippen molar-refractivity contribution in [3.05, 3.63) is 62.6 Å². The molecule has 3 heterocycles. The molecule has 0 bridgehead atoms. The standard InChI is InChI=1S/C29H33Cl3F2N4O3.H2S/c1-28(41,18-12-19(30)14-20(31)13-18)27(40)37-8-4-23(5-9-37)38-16-22(17-38)35-21-2-3-24(25(32)15-21)26(39)36-10-6-29(33,34)7-11-36;/h2-3,12-15,22-23,35,41H,4-11,16-17H2,1H3;1H2/t28-;/m0./s1. The van der Waals surface area contributed by atoms with Crippen LogP contribution >= 0.6 is 48.3 Å². The van der Waals surface area contributed by atoms with Crippen molar-refractivity contribution in [2.45, 2.75) is 56.2 Å². The van der Waals surface area contributed by atoms with Gasteiger partial charge in [0.2, 0.25) is 0 Å². The second-order valence-corrected chi connectivity index (χ2v) is 12.7. The highest BCUT2D eigenvalue weighted by molar-refractivity contribution is 7.59. The molecule has 3 aliphatic rings. The number of halogens is 5.